The molecule has 0 bridgehead atoms. The van der Waals surface area contributed by atoms with Crippen LogP contribution < -0.4 is 0 Å². The average molecular weight is 297 g/mol. The molecule has 0 spiro atoms. The molecule has 0 aromatic carbocycles. The molecule has 1 aliphatic rings. The number of hydrogen-bond acceptors (Lipinski definition) is 3. The van der Waals surface area contributed by atoms with Gasteiger partial charge < -0.3 is 9.30 Å². The highest BCUT2D eigenvalue weighted by molar-refractivity contribution is 6.17. The zero-order valence-corrected chi connectivity index (χ0v) is 13.0. The topological polar surface area (TPSA) is 44.9 Å². The van der Waals surface area contributed by atoms with E-state index in [0.29, 0.717) is 18.0 Å². The predicted octanol–water partition coefficient (Wildman–Crippen LogP) is 2.60. The van der Waals surface area contributed by atoms with Crippen molar-refractivity contribution in [3.8, 4) is 0 Å². The highest BCUT2D eigenvalue weighted by atomic mass is 35.5. The van der Waals surface area contributed by atoms with Crippen molar-refractivity contribution < 1.29 is 4.74 Å². The van der Waals surface area contributed by atoms with Gasteiger partial charge in [0.1, 0.15) is 11.3 Å². The summed E-state index contributed by atoms with van der Waals surface area (Å²) in [5.41, 5.74) is 3.10. The van der Waals surface area contributed by atoms with E-state index in [1.165, 1.54) is 0 Å². The number of aryl methyl sites for hydroxylation is 3. The normalized spacial score (nSPS) is 23.6. The van der Waals surface area contributed by atoms with Crippen molar-refractivity contribution in [3.63, 3.8) is 0 Å². The lowest BCUT2D eigenvalue weighted by molar-refractivity contribution is 0.00606. The quantitative estimate of drug-likeness (QED) is 0.818. The molecule has 2 unspecified atom stereocenters. The Hall–Kier alpha value is -1.07. The maximum atomic E-state index is 5.95. The molecule has 0 aliphatic carbocycles. The van der Waals surface area contributed by atoms with E-state index in [4.69, 9.17) is 21.3 Å². The molecule has 5 nitrogen and oxygen atoms in total. The van der Waals surface area contributed by atoms with Crippen molar-refractivity contribution in [1.29, 1.82) is 0 Å². The molecule has 110 valence electrons. The standard InChI is InChI=1S/C14H21ClN4O/c1-9-8-11(5-7-20-9)19-12(4-6-15)16-13-10(2)17-18(3)14(13)19/h9,11H,4-8H2,1-3H3. The molecule has 20 heavy (non-hydrogen) atoms. The highest BCUT2D eigenvalue weighted by Crippen LogP contribution is 2.31. The van der Waals surface area contributed by atoms with Crippen molar-refractivity contribution >= 4 is 22.8 Å². The van der Waals surface area contributed by atoms with Gasteiger partial charge in [-0.25, -0.2) is 4.98 Å². The number of ether oxygens (including phenoxy) is 1. The number of hydrogen-bond donors (Lipinski definition) is 0. The highest BCUT2D eigenvalue weighted by Gasteiger charge is 2.27. The zero-order valence-electron chi connectivity index (χ0n) is 12.3. The van der Waals surface area contributed by atoms with Gasteiger partial charge in [-0.2, -0.15) is 5.10 Å². The second-order valence-corrected chi connectivity index (χ2v) is 5.96. The monoisotopic (exact) mass is 296 g/mol. The molecular weight excluding hydrogens is 276 g/mol. The van der Waals surface area contributed by atoms with E-state index in [9.17, 15) is 0 Å². The first-order valence-corrected chi connectivity index (χ1v) is 7.73. The number of aromatic nitrogens is 4. The van der Waals surface area contributed by atoms with Crippen LogP contribution in [0.3, 0.4) is 0 Å². The Morgan fingerprint density at radius 1 is 1.45 bits per heavy atom. The van der Waals surface area contributed by atoms with Crippen LogP contribution in [0.2, 0.25) is 0 Å². The Morgan fingerprint density at radius 3 is 2.95 bits per heavy atom. The maximum absolute atomic E-state index is 5.95. The zero-order chi connectivity index (χ0) is 14.3. The fraction of sp³-hybridized carbons (Fsp3) is 0.714. The van der Waals surface area contributed by atoms with Crippen LogP contribution in [0.15, 0.2) is 0 Å². The fourth-order valence-electron chi connectivity index (χ4n) is 3.19. The smallest absolute Gasteiger partial charge is 0.158 e. The van der Waals surface area contributed by atoms with E-state index in [0.717, 1.165) is 48.6 Å². The van der Waals surface area contributed by atoms with Crippen LogP contribution in [0.25, 0.3) is 11.2 Å². The Labute approximate surface area is 123 Å². The van der Waals surface area contributed by atoms with E-state index in [1.54, 1.807) is 0 Å². The first-order valence-electron chi connectivity index (χ1n) is 7.19. The van der Waals surface area contributed by atoms with E-state index >= 15 is 0 Å². The van der Waals surface area contributed by atoms with Gasteiger partial charge in [0.05, 0.1) is 11.8 Å². The van der Waals surface area contributed by atoms with Crippen LogP contribution in [-0.4, -0.2) is 37.9 Å². The second kappa shape index (κ2) is 5.37. The molecular formula is C14H21ClN4O. The summed E-state index contributed by atoms with van der Waals surface area (Å²) in [7, 11) is 1.99. The first-order chi connectivity index (χ1) is 9.61. The molecule has 0 N–H and O–H groups in total. The molecule has 0 saturated carbocycles. The Balaban J connectivity index is 2.12. The summed E-state index contributed by atoms with van der Waals surface area (Å²) in [6, 6.07) is 0.428. The van der Waals surface area contributed by atoms with Gasteiger partial charge in [-0.15, -0.1) is 11.6 Å². The Bertz CT molecular complexity index is 618. The van der Waals surface area contributed by atoms with Crippen molar-refractivity contribution in [3.05, 3.63) is 11.5 Å². The van der Waals surface area contributed by atoms with Crippen LogP contribution in [0.1, 0.15) is 37.3 Å². The summed E-state index contributed by atoms with van der Waals surface area (Å²) >= 11 is 5.95. The number of rotatable bonds is 3. The summed E-state index contributed by atoms with van der Waals surface area (Å²) in [6.45, 7) is 4.95. The lowest BCUT2D eigenvalue weighted by atomic mass is 10.0. The van der Waals surface area contributed by atoms with Gasteiger partial charge in [-0.1, -0.05) is 0 Å². The van der Waals surface area contributed by atoms with E-state index < -0.39 is 0 Å². The van der Waals surface area contributed by atoms with E-state index in [-0.39, 0.29) is 0 Å². The molecule has 1 fully saturated rings. The minimum Gasteiger partial charge on any atom is -0.378 e. The molecule has 2 aromatic rings. The minimum absolute atomic E-state index is 0.296. The fourth-order valence-corrected chi connectivity index (χ4v) is 3.36. The third-order valence-corrected chi connectivity index (χ3v) is 4.24. The molecule has 6 heteroatoms. The van der Waals surface area contributed by atoms with Gasteiger partial charge in [0.15, 0.2) is 5.65 Å². The number of imidazole rings is 1. The molecule has 0 radical (unpaired) electrons. The number of halogens is 1. The summed E-state index contributed by atoms with van der Waals surface area (Å²) < 4.78 is 9.96. The molecule has 1 aliphatic heterocycles. The summed E-state index contributed by atoms with van der Waals surface area (Å²) in [5.74, 6) is 1.67. The average Bonchev–Trinajstić information content (AvgIpc) is 2.89. The largest absolute Gasteiger partial charge is 0.378 e. The molecule has 2 atom stereocenters. The van der Waals surface area contributed by atoms with Crippen LogP contribution in [-0.2, 0) is 18.2 Å². The van der Waals surface area contributed by atoms with Gasteiger partial charge in [0.2, 0.25) is 0 Å². The molecule has 3 heterocycles. The summed E-state index contributed by atoms with van der Waals surface area (Å²) in [4.78, 5) is 4.78. The van der Waals surface area contributed by atoms with Crippen molar-refractivity contribution in [2.75, 3.05) is 12.5 Å². The minimum atomic E-state index is 0.296. The lowest BCUT2D eigenvalue weighted by Crippen LogP contribution is -2.27. The van der Waals surface area contributed by atoms with Gasteiger partial charge in [-0.05, 0) is 26.7 Å². The molecule has 0 amide bonds. The van der Waals surface area contributed by atoms with Crippen molar-refractivity contribution in [2.45, 2.75) is 45.3 Å². The Morgan fingerprint density at radius 2 is 2.25 bits per heavy atom. The Kier molecular flexibility index (Phi) is 3.73. The van der Waals surface area contributed by atoms with Crippen LogP contribution in [0.5, 0.6) is 0 Å². The summed E-state index contributed by atoms with van der Waals surface area (Å²) in [5, 5.41) is 4.50. The number of fused-ring (bicyclic) bond motifs is 1. The number of nitrogens with zero attached hydrogens (tertiary/aromatic N) is 4. The lowest BCUT2D eigenvalue weighted by Gasteiger charge is -2.29. The van der Waals surface area contributed by atoms with Crippen LogP contribution >= 0.6 is 11.6 Å². The van der Waals surface area contributed by atoms with E-state index in [2.05, 4.69) is 16.6 Å². The second-order valence-electron chi connectivity index (χ2n) is 5.58. The van der Waals surface area contributed by atoms with Crippen LogP contribution in [0, 0.1) is 6.92 Å². The third kappa shape index (κ3) is 2.23. The first kappa shape index (κ1) is 13.9. The van der Waals surface area contributed by atoms with Gasteiger partial charge >= 0.3 is 0 Å². The van der Waals surface area contributed by atoms with Gasteiger partial charge in [0.25, 0.3) is 0 Å². The predicted molar refractivity (Wildman–Crippen MR) is 79.3 cm³/mol. The number of alkyl halides is 1. The van der Waals surface area contributed by atoms with Gasteiger partial charge in [-0.3, -0.25) is 4.68 Å². The van der Waals surface area contributed by atoms with Crippen molar-refractivity contribution in [1.82, 2.24) is 19.3 Å². The third-order valence-electron chi connectivity index (χ3n) is 4.05. The SMILES string of the molecule is Cc1nn(C)c2c1nc(CCCl)n2C1CCOC(C)C1. The van der Waals surface area contributed by atoms with Crippen LogP contribution in [0.4, 0.5) is 0 Å². The molecule has 3 rings (SSSR count). The van der Waals surface area contributed by atoms with Gasteiger partial charge in [0, 0.05) is 32.0 Å². The van der Waals surface area contributed by atoms with E-state index in [1.807, 2.05) is 18.7 Å². The molecule has 2 aromatic heterocycles. The molecule has 1 saturated heterocycles. The maximum Gasteiger partial charge on any atom is 0.158 e. The van der Waals surface area contributed by atoms with Crippen molar-refractivity contribution in [2.24, 2.45) is 7.05 Å². The summed E-state index contributed by atoms with van der Waals surface area (Å²) in [6.07, 6.45) is 3.13.